The number of nitrogens with one attached hydrogen (secondary N) is 1. The molecule has 2 amide bonds. The molecule has 1 saturated heterocycles. The zero-order valence-corrected chi connectivity index (χ0v) is 9.42. The lowest BCUT2D eigenvalue weighted by Crippen LogP contribution is -2.43. The van der Waals surface area contributed by atoms with Crippen molar-refractivity contribution in [1.29, 1.82) is 0 Å². The third-order valence-electron chi connectivity index (χ3n) is 2.62. The average Bonchev–Trinajstić information content (AvgIpc) is 2.53. The predicted molar refractivity (Wildman–Crippen MR) is 58.3 cm³/mol. The Morgan fingerprint density at radius 3 is 2.27 bits per heavy atom. The molecule has 1 rings (SSSR count). The van der Waals surface area contributed by atoms with E-state index in [1.54, 1.807) is 4.90 Å². The average molecular weight is 212 g/mol. The molecule has 86 valence electrons. The lowest BCUT2D eigenvalue weighted by atomic mass is 10.2. The molecular weight excluding hydrogens is 192 g/mol. The monoisotopic (exact) mass is 212 g/mol. The third-order valence-corrected chi connectivity index (χ3v) is 2.62. The van der Waals surface area contributed by atoms with Gasteiger partial charge in [0.2, 0.25) is 0 Å². The molecule has 4 heteroatoms. The minimum absolute atomic E-state index is 0.356. The molecule has 0 unspecified atom stereocenters. The summed E-state index contributed by atoms with van der Waals surface area (Å²) in [5.41, 5.74) is 0. The van der Waals surface area contributed by atoms with Crippen LogP contribution in [0.4, 0.5) is 0 Å². The predicted octanol–water partition coefficient (Wildman–Crippen LogP) is 0.915. The van der Waals surface area contributed by atoms with Gasteiger partial charge in [0, 0.05) is 19.6 Å². The molecule has 0 saturated carbocycles. The highest BCUT2D eigenvalue weighted by Gasteiger charge is 2.21. The summed E-state index contributed by atoms with van der Waals surface area (Å²) in [6, 6.07) is 0. The highest BCUT2D eigenvalue weighted by Crippen LogP contribution is 2.09. The summed E-state index contributed by atoms with van der Waals surface area (Å²) < 4.78 is 0. The maximum Gasteiger partial charge on any atom is 0.311 e. The summed E-state index contributed by atoms with van der Waals surface area (Å²) in [6.07, 6.45) is 5.24. The van der Waals surface area contributed by atoms with Crippen molar-refractivity contribution in [2.24, 2.45) is 0 Å². The van der Waals surface area contributed by atoms with Gasteiger partial charge in [0.1, 0.15) is 0 Å². The van der Waals surface area contributed by atoms with Crippen LogP contribution in [-0.2, 0) is 9.59 Å². The fourth-order valence-electron chi connectivity index (χ4n) is 1.73. The summed E-state index contributed by atoms with van der Waals surface area (Å²) in [6.45, 7) is 4.02. The van der Waals surface area contributed by atoms with Crippen LogP contribution in [0.25, 0.3) is 0 Å². The van der Waals surface area contributed by atoms with Gasteiger partial charge in [0.15, 0.2) is 0 Å². The molecule has 0 spiro atoms. The molecule has 0 bridgehead atoms. The van der Waals surface area contributed by atoms with Crippen molar-refractivity contribution in [3.63, 3.8) is 0 Å². The maximum absolute atomic E-state index is 11.7. The Balaban J connectivity index is 2.39. The summed E-state index contributed by atoms with van der Waals surface area (Å²) in [7, 11) is 0. The van der Waals surface area contributed by atoms with Crippen LogP contribution < -0.4 is 5.32 Å². The second-order valence-corrected chi connectivity index (χ2v) is 3.96. The van der Waals surface area contributed by atoms with E-state index in [9.17, 15) is 9.59 Å². The third kappa shape index (κ3) is 3.90. The van der Waals surface area contributed by atoms with Crippen molar-refractivity contribution in [3.8, 4) is 0 Å². The van der Waals surface area contributed by atoms with Crippen LogP contribution in [-0.4, -0.2) is 36.3 Å². The Kier molecular flexibility index (Phi) is 5.15. The van der Waals surface area contributed by atoms with E-state index in [-0.39, 0.29) is 5.91 Å². The summed E-state index contributed by atoms with van der Waals surface area (Å²) in [5.74, 6) is -0.802. The van der Waals surface area contributed by atoms with Crippen molar-refractivity contribution in [2.75, 3.05) is 19.6 Å². The van der Waals surface area contributed by atoms with Crippen molar-refractivity contribution in [1.82, 2.24) is 10.2 Å². The first kappa shape index (κ1) is 12.0. The van der Waals surface area contributed by atoms with E-state index in [0.717, 1.165) is 32.4 Å². The molecule has 1 aliphatic heterocycles. The molecule has 1 N–H and O–H groups in total. The molecular formula is C11H20N2O2. The van der Waals surface area contributed by atoms with Gasteiger partial charge in [-0.1, -0.05) is 19.8 Å². The first-order chi connectivity index (χ1) is 7.25. The number of amides is 2. The van der Waals surface area contributed by atoms with Crippen LogP contribution in [0.5, 0.6) is 0 Å². The lowest BCUT2D eigenvalue weighted by Gasteiger charge is -2.19. The molecule has 0 radical (unpaired) electrons. The van der Waals surface area contributed by atoms with E-state index in [2.05, 4.69) is 5.32 Å². The SMILES string of the molecule is CCCNC(=O)C(=O)N1CCCCCC1. The number of carbonyl (C=O) groups excluding carboxylic acids is 2. The van der Waals surface area contributed by atoms with Crippen LogP contribution in [0.2, 0.25) is 0 Å². The Morgan fingerprint density at radius 2 is 1.73 bits per heavy atom. The summed E-state index contributed by atoms with van der Waals surface area (Å²) in [5, 5.41) is 2.62. The van der Waals surface area contributed by atoms with Crippen molar-refractivity contribution < 1.29 is 9.59 Å². The Hall–Kier alpha value is -1.06. The molecule has 0 aromatic heterocycles. The fraction of sp³-hybridized carbons (Fsp3) is 0.818. The first-order valence-electron chi connectivity index (χ1n) is 5.82. The van der Waals surface area contributed by atoms with Gasteiger partial charge in [-0.2, -0.15) is 0 Å². The number of likely N-dealkylation sites (tertiary alicyclic amines) is 1. The Bertz CT molecular complexity index is 221. The molecule has 0 aromatic rings. The van der Waals surface area contributed by atoms with Gasteiger partial charge in [-0.15, -0.1) is 0 Å². The molecule has 0 atom stereocenters. The first-order valence-corrected chi connectivity index (χ1v) is 5.82. The zero-order chi connectivity index (χ0) is 11.1. The highest BCUT2D eigenvalue weighted by atomic mass is 16.2. The molecule has 15 heavy (non-hydrogen) atoms. The Labute approximate surface area is 91.0 Å². The van der Waals surface area contributed by atoms with E-state index < -0.39 is 5.91 Å². The van der Waals surface area contributed by atoms with E-state index in [4.69, 9.17) is 0 Å². The van der Waals surface area contributed by atoms with Gasteiger partial charge in [-0.3, -0.25) is 9.59 Å². The topological polar surface area (TPSA) is 49.4 Å². The van der Waals surface area contributed by atoms with Crippen LogP contribution in [0, 0.1) is 0 Å². The zero-order valence-electron chi connectivity index (χ0n) is 9.42. The van der Waals surface area contributed by atoms with Gasteiger partial charge in [-0.05, 0) is 19.3 Å². The summed E-state index contributed by atoms with van der Waals surface area (Å²) in [4.78, 5) is 24.8. The number of hydrogen-bond acceptors (Lipinski definition) is 2. The normalized spacial score (nSPS) is 17.0. The van der Waals surface area contributed by atoms with Crippen molar-refractivity contribution in [2.45, 2.75) is 39.0 Å². The van der Waals surface area contributed by atoms with E-state index in [0.29, 0.717) is 6.54 Å². The van der Waals surface area contributed by atoms with Crippen LogP contribution in [0.3, 0.4) is 0 Å². The number of rotatable bonds is 2. The fourth-order valence-corrected chi connectivity index (χ4v) is 1.73. The smallest absolute Gasteiger partial charge is 0.311 e. The van der Waals surface area contributed by atoms with Crippen LogP contribution in [0.15, 0.2) is 0 Å². The van der Waals surface area contributed by atoms with Crippen LogP contribution in [0.1, 0.15) is 39.0 Å². The minimum Gasteiger partial charge on any atom is -0.348 e. The van der Waals surface area contributed by atoms with Gasteiger partial charge in [0.25, 0.3) is 0 Å². The molecule has 1 aliphatic rings. The van der Waals surface area contributed by atoms with Crippen molar-refractivity contribution >= 4 is 11.8 Å². The molecule has 4 nitrogen and oxygen atoms in total. The van der Waals surface area contributed by atoms with Gasteiger partial charge in [0.05, 0.1) is 0 Å². The number of nitrogens with zero attached hydrogens (tertiary/aromatic N) is 1. The van der Waals surface area contributed by atoms with Gasteiger partial charge < -0.3 is 10.2 Å². The van der Waals surface area contributed by atoms with Crippen LogP contribution >= 0.6 is 0 Å². The van der Waals surface area contributed by atoms with Gasteiger partial charge >= 0.3 is 11.8 Å². The standard InChI is InChI=1S/C11H20N2O2/c1-2-7-12-10(14)11(15)13-8-5-3-4-6-9-13/h2-9H2,1H3,(H,12,14). The second kappa shape index (κ2) is 6.43. The van der Waals surface area contributed by atoms with E-state index in [1.807, 2.05) is 6.92 Å². The highest BCUT2D eigenvalue weighted by molar-refractivity contribution is 6.34. The number of carbonyl (C=O) groups is 2. The maximum atomic E-state index is 11.7. The van der Waals surface area contributed by atoms with Gasteiger partial charge in [-0.25, -0.2) is 0 Å². The quantitative estimate of drug-likeness (QED) is 0.692. The minimum atomic E-state index is -0.446. The molecule has 1 fully saturated rings. The molecule has 0 aliphatic carbocycles. The lowest BCUT2D eigenvalue weighted by molar-refractivity contribution is -0.145. The largest absolute Gasteiger partial charge is 0.348 e. The summed E-state index contributed by atoms with van der Waals surface area (Å²) >= 11 is 0. The van der Waals surface area contributed by atoms with Crippen molar-refractivity contribution in [3.05, 3.63) is 0 Å². The number of hydrogen-bond donors (Lipinski definition) is 1. The second-order valence-electron chi connectivity index (χ2n) is 3.96. The molecule has 1 heterocycles. The Morgan fingerprint density at radius 1 is 1.13 bits per heavy atom. The van der Waals surface area contributed by atoms with E-state index in [1.165, 1.54) is 12.8 Å². The van der Waals surface area contributed by atoms with E-state index >= 15 is 0 Å². The molecule has 0 aromatic carbocycles.